The van der Waals surface area contributed by atoms with Crippen LogP contribution in [0.1, 0.15) is 103 Å². The van der Waals surface area contributed by atoms with Gasteiger partial charge in [0.15, 0.2) is 11.4 Å². The number of ketones is 1. The number of Topliss-reactive ketones (excluding diaryl/α,β-unsaturated/α-hetero) is 1. The predicted octanol–water partition coefficient (Wildman–Crippen LogP) is 7.24. The Balaban J connectivity index is 1.66. The van der Waals surface area contributed by atoms with Crippen molar-refractivity contribution in [2.75, 3.05) is 0 Å². The first-order chi connectivity index (χ1) is 21.5. The summed E-state index contributed by atoms with van der Waals surface area (Å²) in [4.78, 5) is 38.9. The summed E-state index contributed by atoms with van der Waals surface area (Å²) < 4.78 is 20.6. The van der Waals surface area contributed by atoms with Gasteiger partial charge in [-0.1, -0.05) is 29.4 Å². The monoisotopic (exact) mass is 628 g/mol. The van der Waals surface area contributed by atoms with Gasteiger partial charge in [0.2, 0.25) is 0 Å². The van der Waals surface area contributed by atoms with Gasteiger partial charge in [0, 0.05) is 28.5 Å². The van der Waals surface area contributed by atoms with Crippen LogP contribution in [0.25, 0.3) is 5.57 Å². The van der Waals surface area contributed by atoms with Crippen LogP contribution in [0.4, 0.5) is 0 Å². The van der Waals surface area contributed by atoms with Gasteiger partial charge >= 0.3 is 5.97 Å². The van der Waals surface area contributed by atoms with Gasteiger partial charge in [-0.25, -0.2) is 4.79 Å². The predicted molar refractivity (Wildman–Crippen MR) is 174 cm³/mol. The van der Waals surface area contributed by atoms with Crippen LogP contribution in [0, 0.1) is 11.8 Å². The number of carbonyl (C=O) groups is 3. The molecule has 5 atom stereocenters. The lowest BCUT2D eigenvalue weighted by molar-refractivity contribution is -0.132. The number of carbonyl (C=O) groups excluding carboxylic acids is 2. The number of benzene rings is 1. The maximum absolute atomic E-state index is 14.9. The summed E-state index contributed by atoms with van der Waals surface area (Å²) >= 11 is 0. The van der Waals surface area contributed by atoms with Crippen molar-refractivity contribution in [2.24, 2.45) is 11.8 Å². The first kappa shape index (κ1) is 32.0. The van der Waals surface area contributed by atoms with Crippen LogP contribution in [0.15, 0.2) is 52.2 Å². The van der Waals surface area contributed by atoms with Crippen molar-refractivity contribution in [3.05, 3.63) is 68.9 Å². The number of carboxylic acid groups (broad SMARTS) is 1. The minimum absolute atomic E-state index is 0.0607. The molecule has 1 aromatic carbocycles. The SMILES string of the molecule is CC(C)=CCc1c2c(c(O)c3c1O[C@@]1(C)C=C3C(=C(C)C)CC1)C(=O)C1=CC(C=O)CC3C(C)(C)O[C@H](C/C=C(/C)C(=O)O)[C@@]13O2. The minimum atomic E-state index is -1.32. The molecular formula is C38H44O8. The normalized spacial score (nSPS) is 30.3. The van der Waals surface area contributed by atoms with E-state index in [0.717, 1.165) is 41.4 Å². The fourth-order valence-corrected chi connectivity index (χ4v) is 8.17. The van der Waals surface area contributed by atoms with Gasteiger partial charge in [0.1, 0.15) is 40.8 Å². The smallest absolute Gasteiger partial charge is 0.330 e. The lowest BCUT2D eigenvalue weighted by Gasteiger charge is -2.49. The summed E-state index contributed by atoms with van der Waals surface area (Å²) in [5, 5.41) is 21.7. The summed E-state index contributed by atoms with van der Waals surface area (Å²) in [5.74, 6) is -1.83. The molecule has 0 amide bonds. The topological polar surface area (TPSA) is 119 Å². The van der Waals surface area contributed by atoms with Crippen LogP contribution in [0.2, 0.25) is 0 Å². The molecule has 8 nitrogen and oxygen atoms in total. The highest BCUT2D eigenvalue weighted by molar-refractivity contribution is 6.17. The number of phenolic OH excluding ortho intramolecular Hbond substituents is 1. The molecule has 2 unspecified atom stereocenters. The zero-order valence-corrected chi connectivity index (χ0v) is 28.0. The summed E-state index contributed by atoms with van der Waals surface area (Å²) in [6.07, 6.45) is 10.0. The fraction of sp³-hybridized carbons (Fsp3) is 0.500. The molecule has 0 radical (unpaired) electrons. The Labute approximate surface area is 270 Å². The third-order valence-corrected chi connectivity index (χ3v) is 10.5. The largest absolute Gasteiger partial charge is 0.506 e. The zero-order valence-electron chi connectivity index (χ0n) is 28.0. The van der Waals surface area contributed by atoms with E-state index in [-0.39, 0.29) is 34.6 Å². The highest BCUT2D eigenvalue weighted by atomic mass is 16.6. The number of aliphatic carboxylic acids is 1. The van der Waals surface area contributed by atoms with Crippen molar-refractivity contribution >= 4 is 23.6 Å². The quantitative estimate of drug-likeness (QED) is 0.192. The van der Waals surface area contributed by atoms with Gasteiger partial charge in [-0.15, -0.1) is 0 Å². The Bertz CT molecular complexity index is 1720. The van der Waals surface area contributed by atoms with Gasteiger partial charge in [0.05, 0.1) is 11.2 Å². The molecule has 8 heteroatoms. The van der Waals surface area contributed by atoms with E-state index in [2.05, 4.69) is 26.0 Å². The maximum atomic E-state index is 14.9. The second-order valence-corrected chi connectivity index (χ2v) is 14.7. The fourth-order valence-electron chi connectivity index (χ4n) is 8.17. The molecule has 1 saturated heterocycles. The standard InChI is InChI=1S/C38H44O8/c1-19(2)9-11-24-33-29(25-17-37(8,45-33)14-13-23(25)20(3)4)32(41)30-31(40)26-15-22(18-39)16-27-36(6,7)44-28(12-10-21(5)35(42)43)38(26,27)46-34(24)30/h9-10,15,17-18,22,27-28,41H,11-14,16H2,1-8H3,(H,42,43)/b21-10-/t22?,27?,28-,37-,38-/m1/s1. The van der Waals surface area contributed by atoms with E-state index in [9.17, 15) is 24.6 Å². The average Bonchev–Trinajstić information content (AvgIpc) is 3.19. The molecule has 0 aromatic heterocycles. The third kappa shape index (κ3) is 4.71. The molecule has 2 bridgehead atoms. The van der Waals surface area contributed by atoms with Gasteiger partial charge < -0.3 is 29.2 Å². The summed E-state index contributed by atoms with van der Waals surface area (Å²) in [6.45, 7) is 15.5. The van der Waals surface area contributed by atoms with Gasteiger partial charge in [-0.3, -0.25) is 4.79 Å². The van der Waals surface area contributed by atoms with Gasteiger partial charge in [-0.05, 0) is 105 Å². The third-order valence-electron chi connectivity index (χ3n) is 10.5. The molecule has 1 fully saturated rings. The van der Waals surface area contributed by atoms with E-state index < -0.39 is 46.5 Å². The zero-order chi connectivity index (χ0) is 33.5. The second kappa shape index (κ2) is 10.8. The number of carboxylic acids is 1. The van der Waals surface area contributed by atoms with Crippen molar-refractivity contribution < 1.29 is 38.8 Å². The van der Waals surface area contributed by atoms with Crippen molar-refractivity contribution in [2.45, 2.75) is 110 Å². The van der Waals surface area contributed by atoms with E-state index in [0.29, 0.717) is 29.7 Å². The van der Waals surface area contributed by atoms with E-state index in [1.165, 1.54) is 6.92 Å². The summed E-state index contributed by atoms with van der Waals surface area (Å²) in [6, 6.07) is 0. The first-order valence-electron chi connectivity index (χ1n) is 16.2. The second-order valence-electron chi connectivity index (χ2n) is 14.7. The molecule has 1 spiro atoms. The van der Waals surface area contributed by atoms with Crippen LogP contribution >= 0.6 is 0 Å². The van der Waals surface area contributed by atoms with Gasteiger partial charge in [0.25, 0.3) is 0 Å². The lowest BCUT2D eigenvalue weighted by atomic mass is 9.62. The molecule has 2 aliphatic carbocycles. The molecule has 0 saturated carbocycles. The Morgan fingerprint density at radius 1 is 1.04 bits per heavy atom. The number of hydrogen-bond donors (Lipinski definition) is 2. The van der Waals surface area contributed by atoms with Crippen LogP contribution in [0.5, 0.6) is 17.2 Å². The first-order valence-corrected chi connectivity index (χ1v) is 16.2. The molecule has 3 aliphatic heterocycles. The molecule has 46 heavy (non-hydrogen) atoms. The van der Waals surface area contributed by atoms with Crippen molar-refractivity contribution in [3.8, 4) is 17.2 Å². The van der Waals surface area contributed by atoms with E-state index in [1.807, 2.05) is 34.6 Å². The molecule has 5 aliphatic rings. The van der Waals surface area contributed by atoms with Crippen LogP contribution in [0.3, 0.4) is 0 Å². The number of aromatic hydroxyl groups is 1. The summed E-state index contributed by atoms with van der Waals surface area (Å²) in [5.41, 5.74) is 3.14. The molecular weight excluding hydrogens is 584 g/mol. The van der Waals surface area contributed by atoms with Crippen LogP contribution < -0.4 is 9.47 Å². The van der Waals surface area contributed by atoms with Crippen LogP contribution in [-0.2, 0) is 20.7 Å². The number of fused-ring (bicyclic) bond motifs is 4. The number of ether oxygens (including phenoxy) is 3. The van der Waals surface area contributed by atoms with E-state index in [4.69, 9.17) is 14.2 Å². The summed E-state index contributed by atoms with van der Waals surface area (Å²) in [7, 11) is 0. The molecule has 244 valence electrons. The molecule has 3 heterocycles. The van der Waals surface area contributed by atoms with Crippen LogP contribution in [-0.4, -0.2) is 51.2 Å². The molecule has 2 N–H and O–H groups in total. The Hall–Kier alpha value is -3.91. The Morgan fingerprint density at radius 2 is 1.74 bits per heavy atom. The molecule has 1 aromatic rings. The highest BCUT2D eigenvalue weighted by Crippen LogP contribution is 2.63. The number of allylic oxidation sites excluding steroid dienone is 6. The Kier molecular flexibility index (Phi) is 7.54. The average molecular weight is 629 g/mol. The van der Waals surface area contributed by atoms with Crippen molar-refractivity contribution in [1.29, 1.82) is 0 Å². The molecule has 6 rings (SSSR count). The van der Waals surface area contributed by atoms with E-state index in [1.54, 1.807) is 12.2 Å². The Morgan fingerprint density at radius 3 is 2.37 bits per heavy atom. The highest BCUT2D eigenvalue weighted by Gasteiger charge is 2.68. The van der Waals surface area contributed by atoms with Crippen molar-refractivity contribution in [1.82, 2.24) is 0 Å². The number of phenols is 1. The maximum Gasteiger partial charge on any atom is 0.330 e. The number of rotatable bonds is 6. The lowest BCUT2D eigenvalue weighted by Crippen LogP contribution is -2.58. The van der Waals surface area contributed by atoms with Gasteiger partial charge in [-0.2, -0.15) is 0 Å². The van der Waals surface area contributed by atoms with Crippen molar-refractivity contribution in [3.63, 3.8) is 0 Å². The number of aldehydes is 1. The minimum Gasteiger partial charge on any atom is -0.506 e. The van der Waals surface area contributed by atoms with E-state index >= 15 is 0 Å². The number of hydrogen-bond acceptors (Lipinski definition) is 7.